The molecule has 0 saturated carbocycles. The summed E-state index contributed by atoms with van der Waals surface area (Å²) in [6, 6.07) is 15.7. The highest BCUT2D eigenvalue weighted by atomic mass is 35.5. The monoisotopic (exact) mass is 346 g/mol. The van der Waals surface area contributed by atoms with E-state index in [-0.39, 0.29) is 24.4 Å². The molecule has 5 heteroatoms. The predicted octanol–water partition coefficient (Wildman–Crippen LogP) is 4.18. The first kappa shape index (κ1) is 18.3. The van der Waals surface area contributed by atoms with Gasteiger partial charge in [-0.25, -0.2) is 0 Å². The molecule has 2 aromatic rings. The quantitative estimate of drug-likeness (QED) is 0.835. The van der Waals surface area contributed by atoms with Gasteiger partial charge in [-0.1, -0.05) is 30.3 Å². The summed E-state index contributed by atoms with van der Waals surface area (Å²) in [6.07, 6.45) is 0.795. The van der Waals surface area contributed by atoms with Gasteiger partial charge in [-0.15, -0.1) is 12.4 Å². The van der Waals surface area contributed by atoms with Crippen LogP contribution in [0.5, 0.6) is 5.75 Å². The lowest BCUT2D eigenvalue weighted by atomic mass is 10.0. The number of fused-ring (bicyclic) bond motifs is 2. The smallest absolute Gasteiger partial charge is 0.228 e. The van der Waals surface area contributed by atoms with Crippen LogP contribution in [0.1, 0.15) is 25.0 Å². The molecule has 128 valence electrons. The molecule has 0 aromatic heterocycles. The Balaban J connectivity index is 0.00000208. The van der Waals surface area contributed by atoms with Crippen molar-refractivity contribution in [1.82, 2.24) is 4.90 Å². The lowest BCUT2D eigenvalue weighted by Crippen LogP contribution is -2.23. The highest BCUT2D eigenvalue weighted by Crippen LogP contribution is 2.44. The molecule has 1 aliphatic rings. The summed E-state index contributed by atoms with van der Waals surface area (Å²) >= 11 is 0. The van der Waals surface area contributed by atoms with Crippen molar-refractivity contribution in [2.45, 2.75) is 19.4 Å². The van der Waals surface area contributed by atoms with Crippen molar-refractivity contribution < 1.29 is 9.53 Å². The molecule has 0 N–H and O–H groups in total. The molecule has 1 aliphatic heterocycles. The highest BCUT2D eigenvalue weighted by molar-refractivity contribution is 6.01. The molecule has 0 saturated heterocycles. The Morgan fingerprint density at radius 3 is 2.38 bits per heavy atom. The van der Waals surface area contributed by atoms with Gasteiger partial charge in [-0.3, -0.25) is 9.69 Å². The van der Waals surface area contributed by atoms with Gasteiger partial charge >= 0.3 is 0 Å². The number of benzene rings is 2. The van der Waals surface area contributed by atoms with E-state index in [0.717, 1.165) is 35.7 Å². The SMILES string of the molecule is CC(=O)N1c2ccccc2OC(CCN(C)C)c2ccccc21.Cl. The van der Waals surface area contributed by atoms with Crippen LogP contribution >= 0.6 is 12.4 Å². The molecule has 0 fully saturated rings. The van der Waals surface area contributed by atoms with E-state index in [1.165, 1.54) is 0 Å². The average Bonchev–Trinajstić information content (AvgIpc) is 2.67. The molecule has 0 spiro atoms. The number of para-hydroxylation sites is 3. The summed E-state index contributed by atoms with van der Waals surface area (Å²) in [6.45, 7) is 2.51. The van der Waals surface area contributed by atoms with E-state index in [2.05, 4.69) is 25.1 Å². The van der Waals surface area contributed by atoms with Crippen molar-refractivity contribution in [1.29, 1.82) is 0 Å². The Hall–Kier alpha value is -2.04. The molecule has 0 radical (unpaired) electrons. The van der Waals surface area contributed by atoms with Crippen molar-refractivity contribution in [3.05, 3.63) is 54.1 Å². The number of hydrogen-bond acceptors (Lipinski definition) is 3. The van der Waals surface area contributed by atoms with E-state index in [1.807, 2.05) is 42.5 Å². The molecule has 4 nitrogen and oxygen atoms in total. The summed E-state index contributed by atoms with van der Waals surface area (Å²) in [7, 11) is 4.11. The molecule has 1 atom stereocenters. The van der Waals surface area contributed by atoms with Crippen LogP contribution < -0.4 is 9.64 Å². The summed E-state index contributed by atoms with van der Waals surface area (Å²) in [5.41, 5.74) is 2.77. The lowest BCUT2D eigenvalue weighted by Gasteiger charge is -2.22. The number of anilines is 2. The summed E-state index contributed by atoms with van der Waals surface area (Å²) < 4.78 is 6.29. The molecule has 1 heterocycles. The fraction of sp³-hybridized carbons (Fsp3) is 0.316. The van der Waals surface area contributed by atoms with E-state index >= 15 is 0 Å². The minimum Gasteiger partial charge on any atom is -0.483 e. The average molecular weight is 347 g/mol. The molecule has 1 unspecified atom stereocenters. The van der Waals surface area contributed by atoms with E-state index < -0.39 is 0 Å². The summed E-state index contributed by atoms with van der Waals surface area (Å²) in [4.78, 5) is 16.2. The van der Waals surface area contributed by atoms with Crippen LogP contribution in [0.4, 0.5) is 11.4 Å². The zero-order valence-corrected chi connectivity index (χ0v) is 15.0. The predicted molar refractivity (Wildman–Crippen MR) is 99.5 cm³/mol. The molecular weight excluding hydrogens is 324 g/mol. The van der Waals surface area contributed by atoms with Crippen LogP contribution in [0, 0.1) is 0 Å². The maximum Gasteiger partial charge on any atom is 0.228 e. The van der Waals surface area contributed by atoms with E-state index in [4.69, 9.17) is 4.74 Å². The molecule has 3 rings (SSSR count). The minimum absolute atomic E-state index is 0. The van der Waals surface area contributed by atoms with Crippen LogP contribution in [0.15, 0.2) is 48.5 Å². The van der Waals surface area contributed by atoms with Gasteiger partial charge in [0.25, 0.3) is 0 Å². The number of ether oxygens (including phenoxy) is 1. The Morgan fingerprint density at radius 2 is 1.71 bits per heavy atom. The minimum atomic E-state index is -0.0703. The number of carbonyl (C=O) groups is 1. The highest BCUT2D eigenvalue weighted by Gasteiger charge is 2.29. The molecule has 1 amide bonds. The van der Waals surface area contributed by atoms with E-state index in [9.17, 15) is 4.79 Å². The Labute approximate surface area is 149 Å². The number of halogens is 1. The van der Waals surface area contributed by atoms with Gasteiger partial charge in [-0.2, -0.15) is 0 Å². The zero-order valence-electron chi connectivity index (χ0n) is 14.2. The van der Waals surface area contributed by atoms with Gasteiger partial charge in [0, 0.05) is 25.5 Å². The van der Waals surface area contributed by atoms with Crippen molar-refractivity contribution in [2.24, 2.45) is 0 Å². The largest absolute Gasteiger partial charge is 0.483 e. The second-order valence-electron chi connectivity index (χ2n) is 6.08. The van der Waals surface area contributed by atoms with Crippen molar-refractivity contribution in [2.75, 3.05) is 25.5 Å². The standard InChI is InChI=1S/C19H22N2O2.ClH/c1-14(22)21-16-9-5-4-8-15(16)18(12-13-20(2)3)23-19-11-7-6-10-17(19)21;/h4-11,18H,12-13H2,1-3H3;1H. The molecule has 2 aromatic carbocycles. The van der Waals surface area contributed by atoms with Crippen LogP contribution in [0.25, 0.3) is 0 Å². The fourth-order valence-corrected chi connectivity index (χ4v) is 2.98. The Bertz CT molecular complexity index is 718. The van der Waals surface area contributed by atoms with Gasteiger partial charge < -0.3 is 9.64 Å². The first-order chi connectivity index (χ1) is 11.1. The maximum atomic E-state index is 12.3. The number of nitrogens with zero attached hydrogens (tertiary/aromatic N) is 2. The van der Waals surface area contributed by atoms with Crippen LogP contribution in [0.2, 0.25) is 0 Å². The lowest BCUT2D eigenvalue weighted by molar-refractivity contribution is -0.115. The fourth-order valence-electron chi connectivity index (χ4n) is 2.98. The first-order valence-electron chi connectivity index (χ1n) is 7.88. The third kappa shape index (κ3) is 3.55. The first-order valence-corrected chi connectivity index (χ1v) is 7.88. The number of rotatable bonds is 3. The second kappa shape index (κ2) is 7.69. The van der Waals surface area contributed by atoms with Gasteiger partial charge in [-0.05, 0) is 32.3 Å². The Kier molecular flexibility index (Phi) is 5.86. The summed E-state index contributed by atoms with van der Waals surface area (Å²) in [5.74, 6) is 0.740. The van der Waals surface area contributed by atoms with Crippen LogP contribution in [0.3, 0.4) is 0 Å². The Morgan fingerprint density at radius 1 is 1.08 bits per heavy atom. The molecule has 0 aliphatic carbocycles. The van der Waals surface area contributed by atoms with Crippen LogP contribution in [-0.4, -0.2) is 31.4 Å². The van der Waals surface area contributed by atoms with Gasteiger partial charge in [0.05, 0.1) is 11.4 Å². The van der Waals surface area contributed by atoms with Crippen LogP contribution in [-0.2, 0) is 4.79 Å². The summed E-state index contributed by atoms with van der Waals surface area (Å²) in [5, 5.41) is 0. The number of amides is 1. The maximum absolute atomic E-state index is 12.3. The van der Waals surface area contributed by atoms with Gasteiger partial charge in [0.15, 0.2) is 0 Å². The number of carbonyl (C=O) groups excluding carboxylic acids is 1. The third-order valence-corrected chi connectivity index (χ3v) is 4.05. The second-order valence-corrected chi connectivity index (χ2v) is 6.08. The molecular formula is C19H23ClN2O2. The molecule has 0 bridgehead atoms. The zero-order chi connectivity index (χ0) is 16.4. The van der Waals surface area contributed by atoms with Crippen molar-refractivity contribution in [3.8, 4) is 5.75 Å². The van der Waals surface area contributed by atoms with Gasteiger partial charge in [0.1, 0.15) is 11.9 Å². The van der Waals surface area contributed by atoms with Crippen molar-refractivity contribution in [3.63, 3.8) is 0 Å². The van der Waals surface area contributed by atoms with Crippen molar-refractivity contribution >= 4 is 29.7 Å². The van der Waals surface area contributed by atoms with E-state index in [1.54, 1.807) is 11.8 Å². The van der Waals surface area contributed by atoms with E-state index in [0.29, 0.717) is 0 Å². The normalized spacial score (nSPS) is 15.7. The topological polar surface area (TPSA) is 32.8 Å². The van der Waals surface area contributed by atoms with Gasteiger partial charge in [0.2, 0.25) is 5.91 Å². The number of hydrogen-bond donors (Lipinski definition) is 0. The molecule has 24 heavy (non-hydrogen) atoms. The third-order valence-electron chi connectivity index (χ3n) is 4.05.